The normalized spacial score (nSPS) is 9.60. The Kier molecular flexibility index (Phi) is 2.79. The van der Waals surface area contributed by atoms with Gasteiger partial charge in [-0.3, -0.25) is 4.79 Å². The second-order valence-corrected chi connectivity index (χ2v) is 3.18. The predicted molar refractivity (Wildman–Crippen MR) is 62.2 cm³/mol. The fourth-order valence-corrected chi connectivity index (χ4v) is 1.36. The lowest BCUT2D eigenvalue weighted by atomic mass is 10.2. The van der Waals surface area contributed by atoms with E-state index in [2.05, 4.69) is 4.98 Å². The van der Waals surface area contributed by atoms with Crippen molar-refractivity contribution in [2.75, 3.05) is 0 Å². The summed E-state index contributed by atoms with van der Waals surface area (Å²) in [5.41, 5.74) is 0.723. The van der Waals surface area contributed by atoms with Gasteiger partial charge in [0.25, 0.3) is 0 Å². The Hall–Kier alpha value is -2.09. The molecule has 2 aromatic rings. The monoisotopic (exact) mass is 197 g/mol. The van der Waals surface area contributed by atoms with Gasteiger partial charge < -0.3 is 4.98 Å². The number of hydrogen-bond donors (Lipinski definition) is 1. The Bertz CT molecular complexity index is 571. The Morgan fingerprint density at radius 3 is 2.13 bits per heavy atom. The highest BCUT2D eigenvalue weighted by Gasteiger charge is 1.85. The van der Waals surface area contributed by atoms with E-state index >= 15 is 0 Å². The molecule has 0 unspecified atom stereocenters. The average Bonchev–Trinajstić information content (AvgIpc) is 2.25. The third-order valence-electron chi connectivity index (χ3n) is 2.08. The molecule has 1 aromatic heterocycles. The van der Waals surface area contributed by atoms with Crippen LogP contribution in [0, 0.1) is 0 Å². The topological polar surface area (TPSA) is 32.9 Å². The van der Waals surface area contributed by atoms with Gasteiger partial charge in [-0.15, -0.1) is 0 Å². The highest BCUT2D eigenvalue weighted by molar-refractivity contribution is 5.77. The minimum absolute atomic E-state index is 0.109. The maximum Gasteiger partial charge on any atom is 0.248 e. The third-order valence-corrected chi connectivity index (χ3v) is 2.08. The average molecular weight is 197 g/mol. The first-order valence-electron chi connectivity index (χ1n) is 4.78. The minimum Gasteiger partial charge on any atom is -0.322 e. The van der Waals surface area contributed by atoms with E-state index in [-0.39, 0.29) is 5.56 Å². The number of aromatic nitrogens is 1. The lowest BCUT2D eigenvalue weighted by Gasteiger charge is -1.90. The summed E-state index contributed by atoms with van der Waals surface area (Å²) in [6.07, 6.45) is 0. The maximum atomic E-state index is 11.4. The van der Waals surface area contributed by atoms with E-state index in [9.17, 15) is 4.79 Å². The molecule has 15 heavy (non-hydrogen) atoms. The van der Waals surface area contributed by atoms with Gasteiger partial charge in [0, 0.05) is 11.6 Å². The van der Waals surface area contributed by atoms with Crippen molar-refractivity contribution in [2.24, 2.45) is 0 Å². The molecule has 1 heterocycles. The van der Waals surface area contributed by atoms with Crippen molar-refractivity contribution in [2.45, 2.75) is 0 Å². The number of aromatic amines is 1. The van der Waals surface area contributed by atoms with Crippen LogP contribution < -0.4 is 5.56 Å². The quantitative estimate of drug-likeness (QED) is 0.692. The SMILES string of the molecule is O=c1ccccccc2ccccc2[nH]1. The molecule has 0 radical (unpaired) electrons. The van der Waals surface area contributed by atoms with Gasteiger partial charge in [-0.2, -0.15) is 0 Å². The number of hydrogen-bond acceptors (Lipinski definition) is 1. The summed E-state index contributed by atoms with van der Waals surface area (Å²) < 4.78 is 0. The van der Waals surface area contributed by atoms with E-state index in [1.807, 2.05) is 48.5 Å². The molecule has 0 saturated heterocycles. The van der Waals surface area contributed by atoms with Crippen LogP contribution >= 0.6 is 0 Å². The second kappa shape index (κ2) is 4.42. The minimum atomic E-state index is -0.109. The van der Waals surface area contributed by atoms with Crippen LogP contribution in [0.1, 0.15) is 0 Å². The summed E-state index contributed by atoms with van der Waals surface area (Å²) >= 11 is 0. The molecule has 0 fully saturated rings. The van der Waals surface area contributed by atoms with E-state index in [4.69, 9.17) is 0 Å². The summed E-state index contributed by atoms with van der Waals surface area (Å²) in [5, 5.41) is 1.01. The fraction of sp³-hybridized carbons (Fsp3) is 0. The van der Waals surface area contributed by atoms with Gasteiger partial charge >= 0.3 is 0 Å². The molecule has 0 bridgehead atoms. The van der Waals surface area contributed by atoms with Gasteiger partial charge in [-0.1, -0.05) is 48.5 Å². The molecule has 1 aromatic carbocycles. The summed E-state index contributed by atoms with van der Waals surface area (Å²) in [6, 6.07) is 18.5. The molecular formula is C13H11NO. The van der Waals surface area contributed by atoms with Gasteiger partial charge in [0.15, 0.2) is 0 Å². The summed E-state index contributed by atoms with van der Waals surface area (Å²) in [7, 11) is 0. The van der Waals surface area contributed by atoms with Gasteiger partial charge in [-0.25, -0.2) is 0 Å². The van der Waals surface area contributed by atoms with Crippen molar-refractivity contribution in [3.63, 3.8) is 0 Å². The first-order valence-corrected chi connectivity index (χ1v) is 4.78. The van der Waals surface area contributed by atoms with Crippen LogP contribution in [-0.2, 0) is 0 Å². The van der Waals surface area contributed by atoms with Crippen molar-refractivity contribution in [1.29, 1.82) is 0 Å². The van der Waals surface area contributed by atoms with Crippen LogP contribution in [-0.4, -0.2) is 4.98 Å². The number of nitrogens with one attached hydrogen (secondary N) is 1. The molecule has 0 aliphatic rings. The fourth-order valence-electron chi connectivity index (χ4n) is 1.36. The number of rotatable bonds is 0. The summed E-state index contributed by atoms with van der Waals surface area (Å²) in [6.45, 7) is 0. The molecule has 0 atom stereocenters. The molecule has 0 aliphatic heterocycles. The molecule has 1 N–H and O–H groups in total. The van der Waals surface area contributed by atoms with Crippen molar-refractivity contribution in [1.82, 2.24) is 4.98 Å². The molecule has 74 valence electrons. The van der Waals surface area contributed by atoms with E-state index in [1.165, 1.54) is 6.07 Å². The number of benzene rings is 1. The van der Waals surface area contributed by atoms with Gasteiger partial charge in [0.2, 0.25) is 5.56 Å². The van der Waals surface area contributed by atoms with Crippen LogP contribution in [0.4, 0.5) is 0 Å². The van der Waals surface area contributed by atoms with Crippen LogP contribution in [0.25, 0.3) is 10.9 Å². The van der Waals surface area contributed by atoms with Gasteiger partial charge in [0.05, 0.1) is 0 Å². The zero-order chi connectivity index (χ0) is 10.5. The van der Waals surface area contributed by atoms with Crippen molar-refractivity contribution in [3.8, 4) is 0 Å². The van der Waals surface area contributed by atoms with Crippen molar-refractivity contribution < 1.29 is 0 Å². The van der Waals surface area contributed by atoms with Crippen LogP contribution in [0.15, 0.2) is 65.5 Å². The largest absolute Gasteiger partial charge is 0.322 e. The molecule has 0 amide bonds. The number of para-hydroxylation sites is 1. The van der Waals surface area contributed by atoms with E-state index in [1.54, 1.807) is 6.07 Å². The van der Waals surface area contributed by atoms with Crippen LogP contribution in [0.2, 0.25) is 0 Å². The van der Waals surface area contributed by atoms with E-state index in [0.29, 0.717) is 0 Å². The number of H-pyrrole nitrogens is 1. The standard InChI is InChI=1S/C13H11NO/c15-13-10-4-2-1-3-7-11-8-5-6-9-12(11)14-13/h1-10H,(H,14,15). The van der Waals surface area contributed by atoms with Gasteiger partial charge in [0.1, 0.15) is 0 Å². The van der Waals surface area contributed by atoms with Crippen molar-refractivity contribution in [3.05, 3.63) is 71.0 Å². The Morgan fingerprint density at radius 1 is 0.733 bits per heavy atom. The lowest BCUT2D eigenvalue weighted by molar-refractivity contribution is 1.32. The van der Waals surface area contributed by atoms with Crippen LogP contribution in [0.5, 0.6) is 0 Å². The molecule has 2 rings (SSSR count). The molecule has 0 spiro atoms. The Labute approximate surface area is 87.5 Å². The molecule has 2 heteroatoms. The van der Waals surface area contributed by atoms with E-state index in [0.717, 1.165) is 10.9 Å². The number of fused-ring (bicyclic) bond motifs is 1. The first kappa shape index (κ1) is 9.46. The third kappa shape index (κ3) is 2.44. The maximum absolute atomic E-state index is 11.4. The Balaban J connectivity index is 2.88. The first-order chi connectivity index (χ1) is 7.36. The highest BCUT2D eigenvalue weighted by atomic mass is 16.1. The zero-order valence-electron chi connectivity index (χ0n) is 8.18. The van der Waals surface area contributed by atoms with E-state index < -0.39 is 0 Å². The molecular weight excluding hydrogens is 186 g/mol. The molecule has 0 saturated carbocycles. The van der Waals surface area contributed by atoms with Crippen molar-refractivity contribution >= 4 is 10.9 Å². The predicted octanol–water partition coefficient (Wildman–Crippen LogP) is 2.65. The summed E-state index contributed by atoms with van der Waals surface area (Å²) in [4.78, 5) is 14.2. The molecule has 0 aliphatic carbocycles. The smallest absolute Gasteiger partial charge is 0.248 e. The zero-order valence-corrected chi connectivity index (χ0v) is 8.18. The lowest BCUT2D eigenvalue weighted by Crippen LogP contribution is -1.99. The second-order valence-electron chi connectivity index (χ2n) is 3.18. The van der Waals surface area contributed by atoms with Gasteiger partial charge in [-0.05, 0) is 11.5 Å². The highest BCUT2D eigenvalue weighted by Crippen LogP contribution is 2.05. The molecule has 2 nitrogen and oxygen atoms in total. The summed E-state index contributed by atoms with van der Waals surface area (Å²) in [5.74, 6) is 0. The Morgan fingerprint density at radius 2 is 1.33 bits per heavy atom. The van der Waals surface area contributed by atoms with Crippen LogP contribution in [0.3, 0.4) is 0 Å².